The number of halogens is 2. The molecular weight excluding hydrogens is 319 g/mol. The van der Waals surface area contributed by atoms with Gasteiger partial charge in [0.15, 0.2) is 0 Å². The predicted octanol–water partition coefficient (Wildman–Crippen LogP) is 3.40. The molecule has 1 aromatic heterocycles. The van der Waals surface area contributed by atoms with E-state index in [2.05, 4.69) is 20.5 Å². The first-order valence-electron chi connectivity index (χ1n) is 5.87. The van der Waals surface area contributed by atoms with Crippen LogP contribution in [0.1, 0.15) is 12.7 Å². The summed E-state index contributed by atoms with van der Waals surface area (Å²) in [6, 6.07) is 4.91. The molecule has 0 atom stereocenters. The van der Waals surface area contributed by atoms with Gasteiger partial charge in [0.25, 0.3) is 0 Å². The van der Waals surface area contributed by atoms with Crippen LogP contribution in [0.5, 0.6) is 0 Å². The average Bonchev–Trinajstić information content (AvgIpc) is 2.88. The number of anilines is 1. The van der Waals surface area contributed by atoms with Gasteiger partial charge in [0.2, 0.25) is 11.1 Å². The van der Waals surface area contributed by atoms with Crippen molar-refractivity contribution in [3.63, 3.8) is 0 Å². The van der Waals surface area contributed by atoms with Gasteiger partial charge in [0.05, 0.1) is 16.5 Å². The number of carbonyl (C=O) groups is 1. The van der Waals surface area contributed by atoms with Crippen molar-refractivity contribution in [1.29, 1.82) is 0 Å². The van der Waals surface area contributed by atoms with Crippen LogP contribution in [-0.2, 0) is 11.2 Å². The molecule has 0 fully saturated rings. The average molecular weight is 331 g/mol. The van der Waals surface area contributed by atoms with Crippen LogP contribution in [0, 0.1) is 0 Å². The summed E-state index contributed by atoms with van der Waals surface area (Å²) in [5, 5.41) is 11.0. The molecule has 0 radical (unpaired) electrons. The number of nitrogens with one attached hydrogen (secondary N) is 2. The Morgan fingerprint density at radius 2 is 2.25 bits per heavy atom. The van der Waals surface area contributed by atoms with Gasteiger partial charge < -0.3 is 5.32 Å². The Kier molecular flexibility index (Phi) is 5.28. The highest BCUT2D eigenvalue weighted by molar-refractivity contribution is 7.99. The zero-order valence-electron chi connectivity index (χ0n) is 10.6. The molecule has 1 amide bonds. The van der Waals surface area contributed by atoms with Crippen molar-refractivity contribution >= 4 is 46.6 Å². The summed E-state index contributed by atoms with van der Waals surface area (Å²) >= 11 is 13.0. The van der Waals surface area contributed by atoms with Crippen LogP contribution < -0.4 is 5.32 Å². The number of nitrogens with zero attached hydrogens (tertiary/aromatic N) is 2. The number of amides is 1. The fraction of sp³-hybridized carbons (Fsp3) is 0.250. The first kappa shape index (κ1) is 15.2. The van der Waals surface area contributed by atoms with Crippen LogP contribution in [0.15, 0.2) is 23.4 Å². The van der Waals surface area contributed by atoms with E-state index >= 15 is 0 Å². The molecule has 0 aliphatic rings. The van der Waals surface area contributed by atoms with Crippen LogP contribution in [0.4, 0.5) is 5.69 Å². The van der Waals surface area contributed by atoms with E-state index in [1.807, 2.05) is 6.92 Å². The van der Waals surface area contributed by atoms with E-state index in [9.17, 15) is 4.79 Å². The molecule has 0 aliphatic carbocycles. The first-order chi connectivity index (χ1) is 9.58. The molecule has 5 nitrogen and oxygen atoms in total. The van der Waals surface area contributed by atoms with E-state index < -0.39 is 0 Å². The van der Waals surface area contributed by atoms with Gasteiger partial charge >= 0.3 is 0 Å². The van der Waals surface area contributed by atoms with E-state index in [4.69, 9.17) is 23.2 Å². The minimum atomic E-state index is -0.179. The highest BCUT2D eigenvalue weighted by Gasteiger charge is 2.09. The summed E-state index contributed by atoms with van der Waals surface area (Å²) in [4.78, 5) is 16.0. The number of H-pyrrole nitrogens is 1. The van der Waals surface area contributed by atoms with Gasteiger partial charge in [-0.05, 0) is 18.2 Å². The van der Waals surface area contributed by atoms with E-state index in [0.717, 1.165) is 12.2 Å². The number of aromatic nitrogens is 3. The summed E-state index contributed by atoms with van der Waals surface area (Å²) < 4.78 is 0. The van der Waals surface area contributed by atoms with Crippen molar-refractivity contribution in [2.75, 3.05) is 11.1 Å². The fourth-order valence-corrected chi connectivity index (χ4v) is 2.48. The monoisotopic (exact) mass is 330 g/mol. The molecule has 2 aromatic rings. The number of rotatable bonds is 5. The molecule has 8 heteroatoms. The summed E-state index contributed by atoms with van der Waals surface area (Å²) in [7, 11) is 0. The first-order valence-corrected chi connectivity index (χ1v) is 7.61. The summed E-state index contributed by atoms with van der Waals surface area (Å²) in [6.45, 7) is 1.98. The number of thioether (sulfide) groups is 1. The molecular formula is C12H12Cl2N4OS. The summed E-state index contributed by atoms with van der Waals surface area (Å²) in [6.07, 6.45) is 0.778. The Morgan fingerprint density at radius 1 is 1.45 bits per heavy atom. The fourth-order valence-electron chi connectivity index (χ4n) is 1.41. The Hall–Kier alpha value is -1.24. The lowest BCUT2D eigenvalue weighted by molar-refractivity contribution is -0.113. The largest absolute Gasteiger partial charge is 0.324 e. The van der Waals surface area contributed by atoms with Crippen molar-refractivity contribution < 1.29 is 4.79 Å². The van der Waals surface area contributed by atoms with Crippen molar-refractivity contribution in [3.8, 4) is 0 Å². The second kappa shape index (κ2) is 6.97. The van der Waals surface area contributed by atoms with E-state index in [0.29, 0.717) is 20.9 Å². The smallest absolute Gasteiger partial charge is 0.234 e. The maximum absolute atomic E-state index is 11.8. The molecule has 20 heavy (non-hydrogen) atoms. The third kappa shape index (κ3) is 4.13. The van der Waals surface area contributed by atoms with Crippen molar-refractivity contribution in [2.45, 2.75) is 18.5 Å². The quantitative estimate of drug-likeness (QED) is 0.824. The van der Waals surface area contributed by atoms with Crippen molar-refractivity contribution in [2.24, 2.45) is 0 Å². The van der Waals surface area contributed by atoms with Crippen LogP contribution in [0.25, 0.3) is 0 Å². The Morgan fingerprint density at radius 3 is 2.90 bits per heavy atom. The number of hydrogen-bond donors (Lipinski definition) is 2. The normalized spacial score (nSPS) is 10.6. The molecule has 0 aliphatic heterocycles. The molecule has 2 rings (SSSR count). The predicted molar refractivity (Wildman–Crippen MR) is 81.6 cm³/mol. The summed E-state index contributed by atoms with van der Waals surface area (Å²) in [5.74, 6) is 0.829. The molecule has 0 unspecified atom stereocenters. The van der Waals surface area contributed by atoms with Crippen LogP contribution >= 0.6 is 35.0 Å². The second-order valence-corrected chi connectivity index (χ2v) is 5.67. The lowest BCUT2D eigenvalue weighted by atomic mass is 10.3. The Bertz CT molecular complexity index is 617. The number of benzene rings is 1. The standard InChI is InChI=1S/C12H12Cl2N4OS/c1-2-10-16-12(18-17-10)20-6-11(19)15-9-4-3-7(13)5-8(9)14/h3-5H,2,6H2,1H3,(H,15,19)(H,16,17,18). The maximum atomic E-state index is 11.8. The minimum absolute atomic E-state index is 0.179. The number of aryl methyl sites for hydroxylation is 1. The van der Waals surface area contributed by atoms with E-state index in [1.54, 1.807) is 18.2 Å². The molecule has 2 N–H and O–H groups in total. The third-order valence-corrected chi connectivity index (χ3v) is 3.78. The van der Waals surface area contributed by atoms with Crippen molar-refractivity contribution in [1.82, 2.24) is 15.2 Å². The zero-order chi connectivity index (χ0) is 14.5. The van der Waals surface area contributed by atoms with Gasteiger partial charge in [-0.1, -0.05) is 41.9 Å². The van der Waals surface area contributed by atoms with Gasteiger partial charge in [0.1, 0.15) is 5.82 Å². The Labute approximate surface area is 130 Å². The minimum Gasteiger partial charge on any atom is -0.324 e. The maximum Gasteiger partial charge on any atom is 0.234 e. The van der Waals surface area contributed by atoms with Gasteiger partial charge in [-0.3, -0.25) is 9.89 Å². The molecule has 0 saturated heterocycles. The number of aromatic amines is 1. The van der Waals surface area contributed by atoms with Gasteiger partial charge in [-0.2, -0.15) is 0 Å². The highest BCUT2D eigenvalue weighted by Crippen LogP contribution is 2.25. The van der Waals surface area contributed by atoms with Gasteiger partial charge in [-0.25, -0.2) is 4.98 Å². The highest BCUT2D eigenvalue weighted by atomic mass is 35.5. The van der Waals surface area contributed by atoms with Gasteiger partial charge in [-0.15, -0.1) is 5.10 Å². The Balaban J connectivity index is 1.89. The number of hydrogen-bond acceptors (Lipinski definition) is 4. The van der Waals surface area contributed by atoms with Gasteiger partial charge in [0, 0.05) is 11.4 Å². The summed E-state index contributed by atoms with van der Waals surface area (Å²) in [5.41, 5.74) is 0.533. The van der Waals surface area contributed by atoms with Crippen LogP contribution in [0.3, 0.4) is 0 Å². The van der Waals surface area contributed by atoms with Crippen LogP contribution in [0.2, 0.25) is 10.0 Å². The molecule has 106 valence electrons. The molecule has 0 bridgehead atoms. The number of carbonyl (C=O) groups excluding carboxylic acids is 1. The van der Waals surface area contributed by atoms with E-state index in [-0.39, 0.29) is 11.7 Å². The van der Waals surface area contributed by atoms with Crippen molar-refractivity contribution in [3.05, 3.63) is 34.1 Å². The lowest BCUT2D eigenvalue weighted by Crippen LogP contribution is -2.14. The molecule has 1 heterocycles. The van der Waals surface area contributed by atoms with Crippen LogP contribution in [-0.4, -0.2) is 26.8 Å². The molecule has 0 saturated carbocycles. The third-order valence-electron chi connectivity index (χ3n) is 2.38. The molecule has 1 aromatic carbocycles. The molecule has 0 spiro atoms. The lowest BCUT2D eigenvalue weighted by Gasteiger charge is -2.06. The van der Waals surface area contributed by atoms with E-state index in [1.165, 1.54) is 11.8 Å². The second-order valence-electron chi connectivity index (χ2n) is 3.88. The SMILES string of the molecule is CCc1nc(SCC(=O)Nc2ccc(Cl)cc2Cl)n[nH]1. The topological polar surface area (TPSA) is 70.7 Å². The zero-order valence-corrected chi connectivity index (χ0v) is 12.9.